The number of amidine groups is 4. The first-order valence-electron chi connectivity index (χ1n) is 41.8. The quantitative estimate of drug-likeness (QED) is 0.0116. The van der Waals surface area contributed by atoms with Gasteiger partial charge in [-0.05, 0) is 158 Å². The Bertz CT molecular complexity index is 6670. The minimum absolute atomic E-state index is 0.0218. The molecule has 8 aromatic carbocycles. The number of carbonyl (C=O) groups is 8. The normalized spacial score (nSPS) is 12.5. The van der Waals surface area contributed by atoms with Crippen molar-refractivity contribution >= 4 is 186 Å². The van der Waals surface area contributed by atoms with E-state index in [-0.39, 0.29) is 101 Å². The highest BCUT2D eigenvalue weighted by Gasteiger charge is 2.35. The van der Waals surface area contributed by atoms with Crippen LogP contribution in [0.3, 0.4) is 0 Å². The smallest absolute Gasteiger partial charge is 0.494 e. The Labute approximate surface area is 825 Å². The molecule has 10 N–H and O–H groups in total. The van der Waals surface area contributed by atoms with Crippen LogP contribution >= 0.6 is 69.6 Å². The second-order valence-corrected chi connectivity index (χ2v) is 32.9. The van der Waals surface area contributed by atoms with Crippen LogP contribution in [-0.4, -0.2) is 205 Å². The lowest BCUT2D eigenvalue weighted by molar-refractivity contribution is -0.275. The van der Waals surface area contributed by atoms with Crippen LogP contribution < -0.4 is 61.5 Å². The van der Waals surface area contributed by atoms with Gasteiger partial charge < -0.3 is 81.1 Å². The molecule has 32 nitrogen and oxygen atoms in total. The monoisotopic (exact) mass is 2030 g/mol. The molecule has 3 aliphatic rings. The van der Waals surface area contributed by atoms with Crippen LogP contribution in [0.2, 0.25) is 30.1 Å². The molecule has 8 amide bonds. The number of likely N-dealkylation sites (tertiary alicyclic amines) is 2. The number of nitrogens with one attached hydrogen (secondary N) is 10. The van der Waals surface area contributed by atoms with E-state index in [1.54, 1.807) is 135 Å². The van der Waals surface area contributed by atoms with Crippen LogP contribution in [0.4, 0.5) is 72.4 Å². The van der Waals surface area contributed by atoms with E-state index in [4.69, 9.17) is 89.9 Å². The number of carbonyl (C=O) groups excluding carboxylic acids is 8. The molecule has 140 heavy (non-hydrogen) atoms. The average molecular weight is 2030 g/mol. The van der Waals surface area contributed by atoms with Crippen LogP contribution in [0.15, 0.2) is 241 Å². The lowest BCUT2D eigenvalue weighted by atomic mass is 10.1. The number of anilines is 8. The molecule has 3 saturated heterocycles. The first-order valence-corrected chi connectivity index (χ1v) is 44.0. The van der Waals surface area contributed by atoms with Crippen molar-refractivity contribution in [3.63, 3.8) is 0 Å². The number of pyridine rings is 4. The van der Waals surface area contributed by atoms with Gasteiger partial charge in [0.1, 0.15) is 69.6 Å². The third-order valence-corrected chi connectivity index (χ3v) is 21.8. The van der Waals surface area contributed by atoms with Gasteiger partial charge in [0.15, 0.2) is 0 Å². The number of rotatable bonds is 24. The lowest BCUT2D eigenvalue weighted by Crippen LogP contribution is -2.42. The molecular weight excluding hydrogens is 1950 g/mol. The van der Waals surface area contributed by atoms with Gasteiger partial charge in [0.05, 0.1) is 79.3 Å². The van der Waals surface area contributed by atoms with E-state index in [2.05, 4.69) is 86.8 Å². The molecule has 0 spiro atoms. The Hall–Kier alpha value is -15.5. The maximum Gasteiger partial charge on any atom is 0.573 e. The van der Waals surface area contributed by atoms with E-state index in [9.17, 15) is 64.7 Å². The van der Waals surface area contributed by atoms with Gasteiger partial charge in [-0.25, -0.2) is 19.9 Å². The zero-order chi connectivity index (χ0) is 101. The molecular formula is C96H82Cl6F6N20O12. The predicted molar refractivity (Wildman–Crippen MR) is 525 cm³/mol. The molecule has 0 bridgehead atoms. The summed E-state index contributed by atoms with van der Waals surface area (Å²) >= 11 is 35.6. The summed E-state index contributed by atoms with van der Waals surface area (Å²) in [6, 6.07) is 50.7. The number of benzene rings is 8. The molecule has 44 heteroatoms. The van der Waals surface area contributed by atoms with Gasteiger partial charge in [-0.15, -0.1) is 26.3 Å². The number of methoxy groups -OCH3 is 2. The van der Waals surface area contributed by atoms with Crippen molar-refractivity contribution in [1.82, 2.24) is 39.5 Å². The summed E-state index contributed by atoms with van der Waals surface area (Å²) in [5, 5.41) is 39.2. The number of hydrogen-bond donors (Lipinski definition) is 10. The number of aliphatic imine (C=N–C) groups is 2. The standard InChI is InChI=1S/C25H21ClF3N5O3.C24H21Cl2N5O3.C24H21ClF3N5O3.C23H19Cl2N5O3/c1-30-22(34-11-2-12-34)15-3-5-16(6-4-15)23(35)32-20-9-8-18(37-25(27,28)29)13-19(20)24(36)33-21-10-7-17(26)14-31-21;1-34-19-12-17(26)11-18(24(33)29-20-8-7-16(25)13-28-20)21(19)30-23(32)15-5-3-14(4-6-15)22(27)31-9-2-10-31;1-29-21(33(2)3)14-4-6-15(7-5-14)22(34)31-19-10-9-17(36-24(26,27)28)12-18(19)23(35)32-20-11-8-16(25)13-30-20;1-33-18-11-16(25)10-17(23(32)28-19-7-6-15(24)12-27-19)20(18)29-22(31)14-4-2-13(3-5-14)21(26)30-8-9-30/h3-10,13-14H,2,11-12H2,1H3,(H,32,35)(H,31,33,36);3-8,11-13,27H,2,9-10H2,1H3,(H,30,32)(H,28,29,33);4-13H,1-3H3,(H,31,34)(H,30,32,35);2-7,10-12,26H,8-9H2,1H3,(H,29,31)(H,27,28,32). The minimum atomic E-state index is -4.97. The summed E-state index contributed by atoms with van der Waals surface area (Å²) in [6.45, 7) is 5.31. The van der Waals surface area contributed by atoms with Crippen LogP contribution in [0.25, 0.3) is 0 Å². The first-order chi connectivity index (χ1) is 66.8. The number of hydrogen-bond acceptors (Lipinski definition) is 20. The molecule has 0 radical (unpaired) electrons. The summed E-state index contributed by atoms with van der Waals surface area (Å²) in [5.74, 6) is -2.36. The van der Waals surface area contributed by atoms with Crippen molar-refractivity contribution in [2.24, 2.45) is 9.98 Å². The number of halogens is 12. The Morgan fingerprint density at radius 3 is 0.914 bits per heavy atom. The summed E-state index contributed by atoms with van der Waals surface area (Å²) < 4.78 is 95.1. The SMILES string of the molecule is CN=C(c1ccc(C(=O)Nc2ccc(OC(F)(F)F)cc2C(=O)Nc2ccc(Cl)cn2)cc1)N(C)C.CN=C(c1ccc(C(=O)Nc2ccc(OC(F)(F)F)cc2C(=O)Nc2ccc(Cl)cn2)cc1)N1CCC1.COc1cc(Cl)cc(C(=O)Nc2ccc(Cl)cn2)c1NC(=O)c1ccc(C(=N)N2CC2)cc1.COc1cc(Cl)cc(C(=O)Nc2ccc(Cl)cn2)c1NC(=O)c1ccc(C(=N)N2CCC2)cc1. The largest absolute Gasteiger partial charge is 0.573 e. The van der Waals surface area contributed by atoms with Crippen molar-refractivity contribution in [2.75, 3.05) is 124 Å². The van der Waals surface area contributed by atoms with E-state index in [1.165, 1.54) is 87.5 Å². The summed E-state index contributed by atoms with van der Waals surface area (Å²) in [7, 11) is 9.85. The molecule has 15 rings (SSSR count). The topological polar surface area (TPSA) is 406 Å². The molecule has 0 atom stereocenters. The maximum absolute atomic E-state index is 13.0. The number of aromatic nitrogens is 4. The van der Waals surface area contributed by atoms with Crippen LogP contribution in [0, 0.1) is 10.8 Å². The van der Waals surface area contributed by atoms with Crippen molar-refractivity contribution in [3.05, 3.63) is 328 Å². The molecule has 0 aliphatic carbocycles. The number of ether oxygens (including phenoxy) is 4. The van der Waals surface area contributed by atoms with Gasteiger partial charge in [0.25, 0.3) is 47.3 Å². The highest BCUT2D eigenvalue weighted by atomic mass is 35.5. The van der Waals surface area contributed by atoms with Gasteiger partial charge in [-0.3, -0.25) is 59.2 Å². The third-order valence-electron chi connectivity index (χ3n) is 20.4. The van der Waals surface area contributed by atoms with E-state index in [0.717, 1.165) is 117 Å². The van der Waals surface area contributed by atoms with Crippen molar-refractivity contribution in [3.8, 4) is 23.0 Å². The number of amides is 8. The molecule has 0 saturated carbocycles. The van der Waals surface area contributed by atoms with E-state index in [0.29, 0.717) is 48.7 Å². The third kappa shape index (κ3) is 28.6. The fourth-order valence-corrected chi connectivity index (χ4v) is 14.1. The zero-order valence-electron chi connectivity index (χ0n) is 74.5. The summed E-state index contributed by atoms with van der Waals surface area (Å²) in [4.78, 5) is 136. The summed E-state index contributed by atoms with van der Waals surface area (Å²) in [6.07, 6.45) is -2.36. The van der Waals surface area contributed by atoms with Crippen molar-refractivity contribution in [2.45, 2.75) is 25.6 Å². The average Bonchev–Trinajstić information content (AvgIpc) is 0.958. The van der Waals surface area contributed by atoms with E-state index < -0.39 is 71.5 Å². The van der Waals surface area contributed by atoms with Gasteiger partial charge >= 0.3 is 12.7 Å². The lowest BCUT2D eigenvalue weighted by Gasteiger charge is -2.34. The zero-order valence-corrected chi connectivity index (χ0v) is 79.0. The van der Waals surface area contributed by atoms with Gasteiger partial charge in [0, 0.05) is 159 Å². The molecule has 12 aromatic rings. The minimum Gasteiger partial charge on any atom is -0.494 e. The Balaban J connectivity index is 0.000000167. The fourth-order valence-electron chi connectivity index (χ4n) is 13.3. The Morgan fingerprint density at radius 1 is 0.343 bits per heavy atom. The highest BCUT2D eigenvalue weighted by molar-refractivity contribution is 6.33. The molecule has 3 aliphatic heterocycles. The second kappa shape index (κ2) is 47.0. The van der Waals surface area contributed by atoms with Crippen molar-refractivity contribution in [1.29, 1.82) is 10.8 Å². The Kier molecular flexibility index (Phi) is 34.8. The van der Waals surface area contributed by atoms with Crippen LogP contribution in [0.1, 0.15) is 118 Å². The van der Waals surface area contributed by atoms with Gasteiger partial charge in [-0.1, -0.05) is 118 Å². The van der Waals surface area contributed by atoms with E-state index >= 15 is 0 Å². The van der Waals surface area contributed by atoms with Crippen molar-refractivity contribution < 1.29 is 83.6 Å². The number of nitrogens with zero attached hydrogens (tertiary/aromatic N) is 10. The molecule has 3 fully saturated rings. The Morgan fingerprint density at radius 2 is 0.643 bits per heavy atom. The molecule has 7 heterocycles. The van der Waals surface area contributed by atoms with Crippen LogP contribution in [0.5, 0.6) is 23.0 Å². The first kappa shape index (κ1) is 103. The predicted octanol–water partition coefficient (Wildman–Crippen LogP) is 19.8. The maximum atomic E-state index is 13.0. The number of alkyl halides is 6. The van der Waals surface area contributed by atoms with Crippen LogP contribution in [-0.2, 0) is 0 Å². The second-order valence-electron chi connectivity index (χ2n) is 30.3. The molecule has 722 valence electrons. The molecule has 4 aromatic heterocycles. The summed E-state index contributed by atoms with van der Waals surface area (Å²) in [5.41, 5.74) is 4.30. The van der Waals surface area contributed by atoms with E-state index in [1.807, 2.05) is 28.8 Å². The molecule has 0 unspecified atom stereocenters. The van der Waals surface area contributed by atoms with Gasteiger partial charge in [-0.2, -0.15) is 0 Å². The van der Waals surface area contributed by atoms with Gasteiger partial charge in [0.2, 0.25) is 0 Å². The fraction of sp³-hybridized carbons (Fsp3) is 0.167. The highest BCUT2D eigenvalue weighted by Crippen LogP contribution is 2.38.